The minimum absolute atomic E-state index is 0.0521. The van der Waals surface area contributed by atoms with Crippen molar-refractivity contribution in [2.75, 3.05) is 26.2 Å². The van der Waals surface area contributed by atoms with Crippen molar-refractivity contribution in [1.82, 2.24) is 15.1 Å². The number of likely N-dealkylation sites (tertiary alicyclic amines) is 2. The predicted octanol–water partition coefficient (Wildman–Crippen LogP) is 1.79. The minimum atomic E-state index is -0.643. The summed E-state index contributed by atoms with van der Waals surface area (Å²) in [7, 11) is 0. The SMILES string of the molecule is O=C(NCc1ccc(Cl)cc1)[C@@H]1C[C@@H](O)CN1C(=O)CCN1CCCCC1. The average molecular weight is 394 g/mol. The van der Waals surface area contributed by atoms with E-state index in [1.54, 1.807) is 17.0 Å². The summed E-state index contributed by atoms with van der Waals surface area (Å²) in [5, 5.41) is 13.5. The second kappa shape index (κ2) is 9.53. The summed E-state index contributed by atoms with van der Waals surface area (Å²) in [6, 6.07) is 6.67. The zero-order valence-corrected chi connectivity index (χ0v) is 16.3. The topological polar surface area (TPSA) is 72.9 Å². The van der Waals surface area contributed by atoms with Gasteiger partial charge < -0.3 is 20.2 Å². The van der Waals surface area contributed by atoms with Gasteiger partial charge in [0.05, 0.1) is 6.10 Å². The number of aliphatic hydroxyl groups is 1. The normalized spacial score (nSPS) is 23.4. The molecule has 7 heteroatoms. The Kier molecular flexibility index (Phi) is 7.10. The van der Waals surface area contributed by atoms with Gasteiger partial charge in [0.2, 0.25) is 11.8 Å². The smallest absolute Gasteiger partial charge is 0.243 e. The molecule has 0 saturated carbocycles. The fraction of sp³-hybridized carbons (Fsp3) is 0.600. The third-order valence-electron chi connectivity index (χ3n) is 5.37. The zero-order chi connectivity index (χ0) is 19.2. The van der Waals surface area contributed by atoms with Crippen molar-refractivity contribution < 1.29 is 14.7 Å². The number of hydrogen-bond donors (Lipinski definition) is 2. The Bertz CT molecular complexity index is 646. The Morgan fingerprint density at radius 2 is 1.85 bits per heavy atom. The van der Waals surface area contributed by atoms with E-state index in [1.807, 2.05) is 12.1 Å². The standard InChI is InChI=1S/C20H28ClN3O3/c21-16-6-4-15(5-7-16)13-22-20(27)18-12-17(25)14-24(18)19(26)8-11-23-9-2-1-3-10-23/h4-7,17-18,25H,1-3,8-14H2,(H,22,27)/t17-,18+/m1/s1. The van der Waals surface area contributed by atoms with Crippen molar-refractivity contribution in [3.63, 3.8) is 0 Å². The first-order valence-electron chi connectivity index (χ1n) is 9.75. The summed E-state index contributed by atoms with van der Waals surface area (Å²) in [5.41, 5.74) is 0.939. The molecule has 2 fully saturated rings. The van der Waals surface area contributed by atoms with Crippen LogP contribution in [0.25, 0.3) is 0 Å². The van der Waals surface area contributed by atoms with E-state index in [0.717, 1.165) is 25.2 Å². The van der Waals surface area contributed by atoms with E-state index < -0.39 is 12.1 Å². The molecule has 0 radical (unpaired) electrons. The number of piperidine rings is 1. The molecule has 148 valence electrons. The summed E-state index contributed by atoms with van der Waals surface area (Å²) < 4.78 is 0. The maximum Gasteiger partial charge on any atom is 0.243 e. The van der Waals surface area contributed by atoms with Gasteiger partial charge >= 0.3 is 0 Å². The molecule has 2 saturated heterocycles. The van der Waals surface area contributed by atoms with Crippen molar-refractivity contribution in [2.24, 2.45) is 0 Å². The van der Waals surface area contributed by atoms with Crippen LogP contribution in [0.5, 0.6) is 0 Å². The number of benzene rings is 1. The summed E-state index contributed by atoms with van der Waals surface area (Å²) in [6.45, 7) is 3.42. The average Bonchev–Trinajstić information content (AvgIpc) is 3.08. The van der Waals surface area contributed by atoms with Gasteiger partial charge in [-0.15, -0.1) is 0 Å². The van der Waals surface area contributed by atoms with Gasteiger partial charge in [0.1, 0.15) is 6.04 Å². The third-order valence-corrected chi connectivity index (χ3v) is 5.62. The highest BCUT2D eigenvalue weighted by Crippen LogP contribution is 2.20. The molecule has 3 rings (SSSR count). The monoisotopic (exact) mass is 393 g/mol. The molecular formula is C20H28ClN3O3. The second-order valence-corrected chi connectivity index (χ2v) is 7.88. The van der Waals surface area contributed by atoms with Gasteiger partial charge in [-0.1, -0.05) is 30.2 Å². The van der Waals surface area contributed by atoms with Crippen molar-refractivity contribution in [1.29, 1.82) is 0 Å². The van der Waals surface area contributed by atoms with Crippen LogP contribution < -0.4 is 5.32 Å². The van der Waals surface area contributed by atoms with Gasteiger partial charge in [0.15, 0.2) is 0 Å². The number of nitrogens with one attached hydrogen (secondary N) is 1. The summed E-state index contributed by atoms with van der Waals surface area (Å²) >= 11 is 5.87. The van der Waals surface area contributed by atoms with Crippen LogP contribution in [-0.2, 0) is 16.1 Å². The maximum absolute atomic E-state index is 12.7. The van der Waals surface area contributed by atoms with Gasteiger partial charge in [-0.05, 0) is 43.6 Å². The van der Waals surface area contributed by atoms with Crippen LogP contribution in [0.4, 0.5) is 0 Å². The van der Waals surface area contributed by atoms with Gasteiger partial charge in [-0.25, -0.2) is 0 Å². The number of halogens is 1. The summed E-state index contributed by atoms with van der Waals surface area (Å²) in [5.74, 6) is -0.267. The van der Waals surface area contributed by atoms with Crippen molar-refractivity contribution >= 4 is 23.4 Å². The van der Waals surface area contributed by atoms with Gasteiger partial charge in [0, 0.05) is 37.5 Å². The highest BCUT2D eigenvalue weighted by Gasteiger charge is 2.38. The molecule has 2 amide bonds. The molecule has 0 unspecified atom stereocenters. The summed E-state index contributed by atoms with van der Waals surface area (Å²) in [6.07, 6.45) is 3.68. The van der Waals surface area contributed by atoms with E-state index in [1.165, 1.54) is 19.3 Å². The fourth-order valence-electron chi connectivity index (χ4n) is 3.83. The summed E-state index contributed by atoms with van der Waals surface area (Å²) in [4.78, 5) is 29.1. The van der Waals surface area contributed by atoms with Crippen LogP contribution in [0.3, 0.4) is 0 Å². The molecule has 2 aliphatic rings. The number of aliphatic hydroxyl groups excluding tert-OH is 1. The largest absolute Gasteiger partial charge is 0.391 e. The molecular weight excluding hydrogens is 366 g/mol. The van der Waals surface area contributed by atoms with E-state index in [9.17, 15) is 14.7 Å². The van der Waals surface area contributed by atoms with Crippen LogP contribution >= 0.6 is 11.6 Å². The van der Waals surface area contributed by atoms with Crippen molar-refractivity contribution in [2.45, 2.75) is 50.8 Å². The lowest BCUT2D eigenvalue weighted by molar-refractivity contribution is -0.138. The van der Waals surface area contributed by atoms with E-state index >= 15 is 0 Å². The number of rotatable bonds is 6. The lowest BCUT2D eigenvalue weighted by Crippen LogP contribution is -2.46. The van der Waals surface area contributed by atoms with Crippen LogP contribution in [-0.4, -0.2) is 65.0 Å². The van der Waals surface area contributed by atoms with Gasteiger partial charge in [-0.3, -0.25) is 9.59 Å². The molecule has 1 aromatic rings. The predicted molar refractivity (Wildman–Crippen MR) is 104 cm³/mol. The molecule has 0 bridgehead atoms. The first kappa shape index (κ1) is 20.1. The molecule has 2 heterocycles. The lowest BCUT2D eigenvalue weighted by Gasteiger charge is -2.28. The molecule has 27 heavy (non-hydrogen) atoms. The van der Waals surface area contributed by atoms with Crippen LogP contribution in [0.1, 0.15) is 37.7 Å². The quantitative estimate of drug-likeness (QED) is 0.772. The lowest BCUT2D eigenvalue weighted by atomic mass is 10.1. The Balaban J connectivity index is 1.51. The number of hydrogen-bond acceptors (Lipinski definition) is 4. The van der Waals surface area contributed by atoms with Gasteiger partial charge in [0.25, 0.3) is 0 Å². The molecule has 2 N–H and O–H groups in total. The van der Waals surface area contributed by atoms with E-state index in [2.05, 4.69) is 10.2 Å². The fourth-order valence-corrected chi connectivity index (χ4v) is 3.95. The highest BCUT2D eigenvalue weighted by atomic mass is 35.5. The zero-order valence-electron chi connectivity index (χ0n) is 15.6. The number of carbonyl (C=O) groups excluding carboxylic acids is 2. The molecule has 2 aliphatic heterocycles. The Labute approximate surface area is 165 Å². The second-order valence-electron chi connectivity index (χ2n) is 7.45. The first-order valence-corrected chi connectivity index (χ1v) is 10.1. The Morgan fingerprint density at radius 1 is 1.15 bits per heavy atom. The van der Waals surface area contributed by atoms with Crippen LogP contribution in [0.2, 0.25) is 5.02 Å². The molecule has 0 aromatic heterocycles. The molecule has 1 aromatic carbocycles. The van der Waals surface area contributed by atoms with Crippen LogP contribution in [0.15, 0.2) is 24.3 Å². The van der Waals surface area contributed by atoms with Gasteiger partial charge in [-0.2, -0.15) is 0 Å². The third kappa shape index (κ3) is 5.67. The Morgan fingerprint density at radius 3 is 2.56 bits per heavy atom. The van der Waals surface area contributed by atoms with Crippen molar-refractivity contribution in [3.05, 3.63) is 34.9 Å². The van der Waals surface area contributed by atoms with E-state index in [0.29, 0.717) is 24.4 Å². The Hall–Kier alpha value is -1.63. The molecule has 6 nitrogen and oxygen atoms in total. The highest BCUT2D eigenvalue weighted by molar-refractivity contribution is 6.30. The number of β-amino-alcohol motifs (C(OH)–C–C–N with tert-alkyl or cyclic N) is 1. The van der Waals surface area contributed by atoms with Crippen LogP contribution in [0, 0.1) is 0 Å². The first-order chi connectivity index (χ1) is 13.0. The number of nitrogens with zero attached hydrogens (tertiary/aromatic N) is 2. The molecule has 0 aliphatic carbocycles. The number of amides is 2. The minimum Gasteiger partial charge on any atom is -0.391 e. The number of carbonyl (C=O) groups is 2. The van der Waals surface area contributed by atoms with E-state index in [4.69, 9.17) is 11.6 Å². The van der Waals surface area contributed by atoms with Crippen molar-refractivity contribution in [3.8, 4) is 0 Å². The maximum atomic E-state index is 12.7. The molecule has 0 spiro atoms. The van der Waals surface area contributed by atoms with E-state index in [-0.39, 0.29) is 18.4 Å². The molecule has 2 atom stereocenters.